The molecule has 3 heteroatoms. The Morgan fingerprint density at radius 2 is 1.70 bits per heavy atom. The third-order valence-corrected chi connectivity index (χ3v) is 4.74. The van der Waals surface area contributed by atoms with Gasteiger partial charge in [0, 0.05) is 19.0 Å². The van der Waals surface area contributed by atoms with Crippen LogP contribution in [0.25, 0.3) is 11.1 Å². The van der Waals surface area contributed by atoms with Crippen molar-refractivity contribution in [1.82, 2.24) is 4.90 Å². The zero-order valence-corrected chi connectivity index (χ0v) is 13.0. The number of nitrogens with zero attached hydrogens (tertiary/aromatic N) is 1. The normalized spacial score (nSPS) is 16.3. The van der Waals surface area contributed by atoms with Crippen LogP contribution in [0.15, 0.2) is 60.7 Å². The largest absolute Gasteiger partial charge is 0.448 e. The molecule has 0 N–H and O–H groups in total. The van der Waals surface area contributed by atoms with Crippen LogP contribution in [0.3, 0.4) is 0 Å². The number of hydrogen-bond acceptors (Lipinski definition) is 2. The van der Waals surface area contributed by atoms with Crippen molar-refractivity contribution >= 4 is 6.09 Å². The molecule has 3 nitrogen and oxygen atoms in total. The summed E-state index contributed by atoms with van der Waals surface area (Å²) in [4.78, 5) is 14.0. The van der Waals surface area contributed by atoms with Crippen molar-refractivity contribution in [3.8, 4) is 11.1 Å². The molecule has 0 radical (unpaired) electrons. The molecule has 1 aliphatic carbocycles. The second kappa shape index (κ2) is 5.58. The van der Waals surface area contributed by atoms with Gasteiger partial charge >= 0.3 is 6.09 Å². The molecular weight excluding hydrogens is 286 g/mol. The minimum absolute atomic E-state index is 0.122. The maximum absolute atomic E-state index is 12.2. The Hall–Kier alpha value is -2.55. The van der Waals surface area contributed by atoms with E-state index in [4.69, 9.17) is 4.74 Å². The van der Waals surface area contributed by atoms with Crippen LogP contribution in [0, 0.1) is 0 Å². The highest BCUT2D eigenvalue weighted by atomic mass is 16.6. The Balaban J connectivity index is 1.55. The number of likely N-dealkylation sites (tertiary alicyclic amines) is 1. The van der Waals surface area contributed by atoms with Crippen molar-refractivity contribution in [2.45, 2.75) is 12.3 Å². The summed E-state index contributed by atoms with van der Waals surface area (Å²) in [6, 6.07) is 16.7. The zero-order valence-electron chi connectivity index (χ0n) is 13.0. The molecule has 0 aromatic heterocycles. The Morgan fingerprint density at radius 3 is 2.26 bits per heavy atom. The molecule has 4 rings (SSSR count). The van der Waals surface area contributed by atoms with Crippen molar-refractivity contribution in [2.75, 3.05) is 19.7 Å². The van der Waals surface area contributed by atoms with Crippen LogP contribution >= 0.6 is 0 Å². The van der Waals surface area contributed by atoms with E-state index < -0.39 is 0 Å². The third-order valence-electron chi connectivity index (χ3n) is 4.74. The highest BCUT2D eigenvalue weighted by molar-refractivity contribution is 5.79. The second-order valence-electron chi connectivity index (χ2n) is 6.23. The average molecular weight is 305 g/mol. The molecule has 0 atom stereocenters. The van der Waals surface area contributed by atoms with Gasteiger partial charge in [0.15, 0.2) is 0 Å². The Morgan fingerprint density at radius 1 is 1.09 bits per heavy atom. The number of hydrogen-bond donors (Lipinski definition) is 0. The fourth-order valence-electron chi connectivity index (χ4n) is 3.56. The van der Waals surface area contributed by atoms with E-state index in [-0.39, 0.29) is 12.0 Å². The Kier molecular flexibility index (Phi) is 3.41. The van der Waals surface area contributed by atoms with E-state index in [0.717, 1.165) is 18.5 Å². The van der Waals surface area contributed by atoms with Gasteiger partial charge in [-0.15, -0.1) is 0 Å². The summed E-state index contributed by atoms with van der Waals surface area (Å²) < 4.78 is 5.62. The molecule has 2 aliphatic rings. The van der Waals surface area contributed by atoms with Crippen LogP contribution in [0.5, 0.6) is 0 Å². The smallest absolute Gasteiger partial charge is 0.410 e. The number of benzene rings is 2. The third kappa shape index (κ3) is 2.42. The average Bonchev–Trinajstić information content (AvgIpc) is 3.15. The molecule has 1 fully saturated rings. The summed E-state index contributed by atoms with van der Waals surface area (Å²) >= 11 is 0. The number of amides is 1. The van der Waals surface area contributed by atoms with E-state index in [1.807, 2.05) is 12.1 Å². The first-order valence-electron chi connectivity index (χ1n) is 8.00. The maximum Gasteiger partial charge on any atom is 0.410 e. The topological polar surface area (TPSA) is 29.5 Å². The van der Waals surface area contributed by atoms with Crippen molar-refractivity contribution in [1.29, 1.82) is 0 Å². The van der Waals surface area contributed by atoms with Crippen LogP contribution in [0.4, 0.5) is 4.79 Å². The van der Waals surface area contributed by atoms with Gasteiger partial charge in [-0.2, -0.15) is 0 Å². The lowest BCUT2D eigenvalue weighted by atomic mass is 9.98. The highest BCUT2D eigenvalue weighted by Gasteiger charge is 2.30. The maximum atomic E-state index is 12.2. The Labute approximate surface area is 136 Å². The number of carbonyl (C=O) groups excluding carboxylic acids is 1. The molecule has 2 aromatic rings. The minimum atomic E-state index is -0.231. The molecule has 116 valence electrons. The number of rotatable bonds is 2. The van der Waals surface area contributed by atoms with Crippen molar-refractivity contribution in [3.05, 3.63) is 71.8 Å². The van der Waals surface area contributed by atoms with Crippen LogP contribution in [-0.4, -0.2) is 30.7 Å². The van der Waals surface area contributed by atoms with Crippen molar-refractivity contribution in [2.24, 2.45) is 0 Å². The van der Waals surface area contributed by atoms with Gasteiger partial charge in [0.25, 0.3) is 0 Å². The summed E-state index contributed by atoms with van der Waals surface area (Å²) in [5.41, 5.74) is 6.08. The van der Waals surface area contributed by atoms with E-state index >= 15 is 0 Å². The molecule has 0 spiro atoms. The lowest BCUT2D eigenvalue weighted by Gasteiger charge is -2.18. The second-order valence-corrected chi connectivity index (χ2v) is 6.23. The van der Waals surface area contributed by atoms with Gasteiger partial charge in [0.05, 0.1) is 0 Å². The molecule has 0 unspecified atom stereocenters. The van der Waals surface area contributed by atoms with Gasteiger partial charge in [-0.1, -0.05) is 60.7 Å². The summed E-state index contributed by atoms with van der Waals surface area (Å²) in [5.74, 6) is 0.122. The molecule has 1 amide bonds. The first kappa shape index (κ1) is 14.1. The summed E-state index contributed by atoms with van der Waals surface area (Å²) in [5, 5.41) is 0. The molecule has 2 aromatic carbocycles. The molecule has 1 saturated heterocycles. The summed E-state index contributed by atoms with van der Waals surface area (Å²) in [7, 11) is 0. The van der Waals surface area contributed by atoms with Gasteiger partial charge in [0.1, 0.15) is 6.61 Å². The van der Waals surface area contributed by atoms with Gasteiger partial charge in [0.2, 0.25) is 0 Å². The lowest BCUT2D eigenvalue weighted by molar-refractivity contribution is 0.109. The summed E-state index contributed by atoms with van der Waals surface area (Å²) in [6.45, 7) is 5.66. The van der Waals surface area contributed by atoms with Crippen molar-refractivity contribution < 1.29 is 9.53 Å². The van der Waals surface area contributed by atoms with Gasteiger partial charge in [-0.25, -0.2) is 4.79 Å². The first-order chi connectivity index (χ1) is 11.2. The fraction of sp³-hybridized carbons (Fsp3) is 0.250. The minimum Gasteiger partial charge on any atom is -0.448 e. The SMILES string of the molecule is C=C1CCN(C(=O)OCC2c3ccccc3-c3ccccc32)C1. The molecule has 1 aliphatic heterocycles. The van der Waals surface area contributed by atoms with E-state index in [1.165, 1.54) is 22.3 Å². The van der Waals surface area contributed by atoms with Crippen LogP contribution in [0.2, 0.25) is 0 Å². The standard InChI is InChI=1S/C20H19NO2/c1-14-10-11-21(12-14)20(22)23-13-19-17-8-4-2-6-15(17)16-7-3-5-9-18(16)19/h2-9,19H,1,10-13H2. The van der Waals surface area contributed by atoms with E-state index in [9.17, 15) is 4.79 Å². The number of fused-ring (bicyclic) bond motifs is 3. The molecule has 0 bridgehead atoms. The van der Waals surface area contributed by atoms with Gasteiger partial charge in [-0.3, -0.25) is 0 Å². The molecule has 23 heavy (non-hydrogen) atoms. The van der Waals surface area contributed by atoms with Crippen molar-refractivity contribution in [3.63, 3.8) is 0 Å². The van der Waals surface area contributed by atoms with E-state index in [1.54, 1.807) is 4.90 Å². The molecular formula is C20H19NO2. The number of carbonyl (C=O) groups is 1. The van der Waals surface area contributed by atoms with Crippen LogP contribution in [0.1, 0.15) is 23.5 Å². The van der Waals surface area contributed by atoms with Gasteiger partial charge < -0.3 is 9.64 Å². The van der Waals surface area contributed by atoms with Crippen LogP contribution < -0.4 is 0 Å². The predicted octanol–water partition coefficient (Wildman–Crippen LogP) is 4.20. The monoisotopic (exact) mass is 305 g/mol. The van der Waals surface area contributed by atoms with Gasteiger partial charge in [-0.05, 0) is 28.7 Å². The molecule has 1 heterocycles. The molecule has 0 saturated carbocycles. The Bertz CT molecular complexity index is 735. The lowest BCUT2D eigenvalue weighted by Crippen LogP contribution is -2.29. The fourth-order valence-corrected chi connectivity index (χ4v) is 3.56. The number of ether oxygens (including phenoxy) is 1. The van der Waals surface area contributed by atoms with E-state index in [0.29, 0.717) is 13.2 Å². The quantitative estimate of drug-likeness (QED) is 0.778. The predicted molar refractivity (Wildman–Crippen MR) is 90.4 cm³/mol. The zero-order chi connectivity index (χ0) is 15.8. The first-order valence-corrected chi connectivity index (χ1v) is 8.00. The van der Waals surface area contributed by atoms with E-state index in [2.05, 4.69) is 43.0 Å². The highest BCUT2D eigenvalue weighted by Crippen LogP contribution is 2.44. The van der Waals surface area contributed by atoms with Crippen LogP contribution in [-0.2, 0) is 4.74 Å². The summed E-state index contributed by atoms with van der Waals surface area (Å²) in [6.07, 6.45) is 0.648.